The number of hydrogen-bond donors (Lipinski definition) is 3. The van der Waals surface area contributed by atoms with Gasteiger partial charge in [0, 0.05) is 38.1 Å². The van der Waals surface area contributed by atoms with Crippen LogP contribution in [-0.2, 0) is 17.6 Å². The Bertz CT molecular complexity index is 1010. The number of aryl methyl sites for hydroxylation is 2. The van der Waals surface area contributed by atoms with Crippen LogP contribution in [0, 0.1) is 0 Å². The fraction of sp³-hybridized carbons (Fsp3) is 0.429. The number of pyridine rings is 1. The fourth-order valence-corrected chi connectivity index (χ4v) is 4.08. The van der Waals surface area contributed by atoms with Gasteiger partial charge in [0.2, 0.25) is 5.95 Å². The van der Waals surface area contributed by atoms with Gasteiger partial charge in [-0.05, 0) is 43.4 Å². The van der Waals surface area contributed by atoms with E-state index in [-0.39, 0.29) is 0 Å². The van der Waals surface area contributed by atoms with E-state index in [0.29, 0.717) is 30.9 Å². The van der Waals surface area contributed by atoms with Gasteiger partial charge in [-0.1, -0.05) is 0 Å². The molecule has 1 fully saturated rings. The number of ether oxygens (including phenoxy) is 1. The highest BCUT2D eigenvalue weighted by atomic mass is 16.5. The molecule has 0 radical (unpaired) electrons. The number of anilines is 3. The van der Waals surface area contributed by atoms with Gasteiger partial charge in [0.25, 0.3) is 0 Å². The van der Waals surface area contributed by atoms with Crippen LogP contribution in [0.3, 0.4) is 0 Å². The molecule has 0 atom stereocenters. The van der Waals surface area contributed by atoms with Crippen molar-refractivity contribution in [3.8, 4) is 11.4 Å². The summed E-state index contributed by atoms with van der Waals surface area (Å²) >= 11 is 0. The van der Waals surface area contributed by atoms with Gasteiger partial charge in [-0.2, -0.15) is 5.10 Å². The molecule has 2 aliphatic rings. The highest BCUT2D eigenvalue weighted by Gasteiger charge is 2.27. The Balaban J connectivity index is 1.41. The van der Waals surface area contributed by atoms with Crippen LogP contribution in [0.1, 0.15) is 30.0 Å². The zero-order valence-electron chi connectivity index (χ0n) is 16.8. The molecule has 9 nitrogen and oxygen atoms in total. The first kappa shape index (κ1) is 19.0. The van der Waals surface area contributed by atoms with Crippen LogP contribution in [0.4, 0.5) is 17.5 Å². The molecule has 0 unspecified atom stereocenters. The quantitative estimate of drug-likeness (QED) is 0.571. The lowest BCUT2D eigenvalue weighted by molar-refractivity contribution is 0.0667. The second kappa shape index (κ2) is 8.37. The summed E-state index contributed by atoms with van der Waals surface area (Å²) in [6, 6.07) is 4.22. The van der Waals surface area contributed by atoms with E-state index in [2.05, 4.69) is 25.3 Å². The van der Waals surface area contributed by atoms with E-state index in [4.69, 9.17) is 20.6 Å². The average Bonchev–Trinajstić information content (AvgIpc) is 3.24. The minimum absolute atomic E-state index is 0.357. The summed E-state index contributed by atoms with van der Waals surface area (Å²) in [4.78, 5) is 13.8. The van der Waals surface area contributed by atoms with Crippen molar-refractivity contribution in [3.63, 3.8) is 0 Å². The van der Waals surface area contributed by atoms with E-state index < -0.39 is 0 Å². The molecule has 0 aromatic carbocycles. The summed E-state index contributed by atoms with van der Waals surface area (Å²) in [7, 11) is 0. The Morgan fingerprint density at radius 3 is 2.73 bits per heavy atom. The maximum absolute atomic E-state index is 5.53. The maximum Gasteiger partial charge on any atom is 0.228 e. The Labute approximate surface area is 175 Å². The standard InChI is InChI=1S/C21H26N8O/c22-7-8-23-16-3-4-18(24-13-16)27-21-25-11-14-1-2-15-12-26-29(20(15)19(14)28-21)17-5-9-30-10-6-17/h3-4,11-13,17,23H,1-2,5-10,22H2,(H,24,25,27,28). The predicted octanol–water partition coefficient (Wildman–Crippen LogP) is 2.30. The van der Waals surface area contributed by atoms with Crippen LogP contribution < -0.4 is 16.4 Å². The van der Waals surface area contributed by atoms with E-state index in [1.165, 1.54) is 5.56 Å². The second-order valence-corrected chi connectivity index (χ2v) is 7.65. The summed E-state index contributed by atoms with van der Waals surface area (Å²) in [5, 5.41) is 11.2. The number of nitrogens with one attached hydrogen (secondary N) is 2. The zero-order valence-corrected chi connectivity index (χ0v) is 16.8. The van der Waals surface area contributed by atoms with Crippen molar-refractivity contribution in [3.05, 3.63) is 41.9 Å². The molecule has 9 heteroatoms. The van der Waals surface area contributed by atoms with Gasteiger partial charge in [0.05, 0.1) is 35.5 Å². The van der Waals surface area contributed by atoms with Crippen LogP contribution in [0.5, 0.6) is 0 Å². The van der Waals surface area contributed by atoms with Crippen molar-refractivity contribution >= 4 is 17.5 Å². The Hall–Kier alpha value is -3.04. The molecule has 1 aliphatic carbocycles. The maximum atomic E-state index is 5.53. The number of hydrogen-bond acceptors (Lipinski definition) is 8. The van der Waals surface area contributed by atoms with Crippen LogP contribution in [0.15, 0.2) is 30.7 Å². The van der Waals surface area contributed by atoms with Gasteiger partial charge >= 0.3 is 0 Å². The highest BCUT2D eigenvalue weighted by Crippen LogP contribution is 2.36. The molecule has 0 saturated carbocycles. The van der Waals surface area contributed by atoms with Crippen molar-refractivity contribution in [2.45, 2.75) is 31.7 Å². The van der Waals surface area contributed by atoms with Crippen molar-refractivity contribution in [1.82, 2.24) is 24.7 Å². The first-order valence-electron chi connectivity index (χ1n) is 10.5. The van der Waals surface area contributed by atoms with Crippen LogP contribution in [0.2, 0.25) is 0 Å². The molecular formula is C21H26N8O. The molecule has 1 aliphatic heterocycles. The Kier molecular flexibility index (Phi) is 5.29. The van der Waals surface area contributed by atoms with E-state index in [0.717, 1.165) is 61.5 Å². The van der Waals surface area contributed by atoms with Crippen molar-refractivity contribution in [2.24, 2.45) is 5.73 Å². The van der Waals surface area contributed by atoms with E-state index in [1.807, 2.05) is 24.5 Å². The lowest BCUT2D eigenvalue weighted by Gasteiger charge is -2.26. The molecule has 3 aromatic heterocycles. The molecule has 5 rings (SSSR count). The molecule has 4 heterocycles. The molecule has 0 spiro atoms. The lowest BCUT2D eigenvalue weighted by atomic mass is 9.95. The third-order valence-electron chi connectivity index (χ3n) is 5.64. The summed E-state index contributed by atoms with van der Waals surface area (Å²) < 4.78 is 7.69. The third kappa shape index (κ3) is 3.73. The second-order valence-electron chi connectivity index (χ2n) is 7.65. The summed E-state index contributed by atoms with van der Waals surface area (Å²) in [5.74, 6) is 1.23. The van der Waals surface area contributed by atoms with Gasteiger partial charge in [-0.15, -0.1) is 0 Å². The van der Waals surface area contributed by atoms with Gasteiger partial charge in [0.1, 0.15) is 5.82 Å². The van der Waals surface area contributed by atoms with Crippen LogP contribution in [-0.4, -0.2) is 51.0 Å². The van der Waals surface area contributed by atoms with E-state index in [1.54, 1.807) is 6.20 Å². The van der Waals surface area contributed by atoms with Crippen molar-refractivity contribution < 1.29 is 4.74 Å². The number of rotatable bonds is 6. The average molecular weight is 406 g/mol. The highest BCUT2D eigenvalue weighted by molar-refractivity contribution is 5.67. The molecule has 0 amide bonds. The molecule has 4 N–H and O–H groups in total. The number of aromatic nitrogens is 5. The minimum Gasteiger partial charge on any atom is -0.383 e. The normalized spacial score (nSPS) is 16.0. The smallest absolute Gasteiger partial charge is 0.228 e. The van der Waals surface area contributed by atoms with Gasteiger partial charge in [-0.3, -0.25) is 4.68 Å². The molecule has 3 aromatic rings. The van der Waals surface area contributed by atoms with Gasteiger partial charge in [-0.25, -0.2) is 15.0 Å². The molecule has 156 valence electrons. The monoisotopic (exact) mass is 406 g/mol. The minimum atomic E-state index is 0.357. The van der Waals surface area contributed by atoms with Gasteiger partial charge < -0.3 is 21.1 Å². The van der Waals surface area contributed by atoms with Crippen LogP contribution >= 0.6 is 0 Å². The number of nitrogens with zero attached hydrogens (tertiary/aromatic N) is 5. The molecular weight excluding hydrogens is 380 g/mol. The van der Waals surface area contributed by atoms with E-state index in [9.17, 15) is 0 Å². The first-order chi connectivity index (χ1) is 14.8. The van der Waals surface area contributed by atoms with Crippen molar-refractivity contribution in [2.75, 3.05) is 36.9 Å². The molecule has 1 saturated heterocycles. The van der Waals surface area contributed by atoms with Crippen LogP contribution in [0.25, 0.3) is 11.4 Å². The first-order valence-corrected chi connectivity index (χ1v) is 10.5. The molecule has 30 heavy (non-hydrogen) atoms. The number of nitrogens with two attached hydrogens (primary N) is 1. The van der Waals surface area contributed by atoms with Crippen molar-refractivity contribution in [1.29, 1.82) is 0 Å². The van der Waals surface area contributed by atoms with Gasteiger partial charge in [0.15, 0.2) is 0 Å². The summed E-state index contributed by atoms with van der Waals surface area (Å²) in [6.45, 7) is 2.86. The fourth-order valence-electron chi connectivity index (χ4n) is 4.08. The largest absolute Gasteiger partial charge is 0.383 e. The summed E-state index contributed by atoms with van der Waals surface area (Å²) in [5.41, 5.74) is 11.0. The Morgan fingerprint density at radius 2 is 1.93 bits per heavy atom. The third-order valence-corrected chi connectivity index (χ3v) is 5.64. The summed E-state index contributed by atoms with van der Waals surface area (Å²) in [6.07, 6.45) is 9.56. The predicted molar refractivity (Wildman–Crippen MR) is 115 cm³/mol. The SMILES string of the molecule is NCCNc1ccc(Nc2ncc3c(n2)-c2c(cnn2C2CCOCC2)CC3)nc1. The lowest BCUT2D eigenvalue weighted by Crippen LogP contribution is -2.22. The topological polar surface area (TPSA) is 116 Å². The van der Waals surface area contributed by atoms with E-state index >= 15 is 0 Å². The number of fused-ring (bicyclic) bond motifs is 3. The zero-order chi connectivity index (χ0) is 20.3. The Morgan fingerprint density at radius 1 is 1.07 bits per heavy atom. The molecule has 0 bridgehead atoms.